The zero-order valence-corrected chi connectivity index (χ0v) is 10.9. The molecule has 94 valence electrons. The van der Waals surface area contributed by atoms with Crippen LogP contribution in [0.2, 0.25) is 0 Å². The van der Waals surface area contributed by atoms with Crippen molar-refractivity contribution in [3.63, 3.8) is 0 Å². The van der Waals surface area contributed by atoms with Crippen molar-refractivity contribution >= 4 is 5.91 Å². The second-order valence-corrected chi connectivity index (χ2v) is 5.79. The van der Waals surface area contributed by atoms with Gasteiger partial charge in [0.05, 0.1) is 5.41 Å². The van der Waals surface area contributed by atoms with E-state index in [9.17, 15) is 4.79 Å². The van der Waals surface area contributed by atoms with Gasteiger partial charge in [-0.3, -0.25) is 4.79 Å². The van der Waals surface area contributed by atoms with Gasteiger partial charge in [0.25, 0.3) is 0 Å². The molecule has 1 saturated carbocycles. The van der Waals surface area contributed by atoms with Crippen LogP contribution in [0.15, 0.2) is 0 Å². The van der Waals surface area contributed by atoms with E-state index in [0.29, 0.717) is 18.4 Å². The summed E-state index contributed by atoms with van der Waals surface area (Å²) in [7, 11) is 0. The Kier molecular flexibility index (Phi) is 4.78. The van der Waals surface area contributed by atoms with Gasteiger partial charge in [0, 0.05) is 13.1 Å². The van der Waals surface area contributed by atoms with Gasteiger partial charge in [-0.25, -0.2) is 0 Å². The van der Waals surface area contributed by atoms with Crippen molar-refractivity contribution in [1.29, 1.82) is 0 Å². The molecule has 0 bridgehead atoms. The van der Waals surface area contributed by atoms with Crippen LogP contribution in [0.3, 0.4) is 0 Å². The topological polar surface area (TPSA) is 55.1 Å². The molecule has 0 aromatic carbocycles. The highest BCUT2D eigenvalue weighted by Crippen LogP contribution is 2.44. The van der Waals surface area contributed by atoms with E-state index in [-0.39, 0.29) is 11.3 Å². The Bertz CT molecular complexity index is 232. The third kappa shape index (κ3) is 3.21. The van der Waals surface area contributed by atoms with Gasteiger partial charge in [-0.15, -0.1) is 0 Å². The van der Waals surface area contributed by atoms with Crippen molar-refractivity contribution in [1.82, 2.24) is 5.32 Å². The maximum Gasteiger partial charge on any atom is 0.227 e. The lowest BCUT2D eigenvalue weighted by molar-refractivity contribution is -0.138. The number of hydrogen-bond donors (Lipinski definition) is 2. The van der Waals surface area contributed by atoms with Crippen LogP contribution in [0.4, 0.5) is 0 Å². The second-order valence-electron chi connectivity index (χ2n) is 5.79. The van der Waals surface area contributed by atoms with Crippen LogP contribution < -0.4 is 11.1 Å². The Hall–Kier alpha value is -0.570. The molecule has 3 heteroatoms. The maximum absolute atomic E-state index is 12.0. The van der Waals surface area contributed by atoms with Gasteiger partial charge >= 0.3 is 0 Å². The number of hydrogen-bond acceptors (Lipinski definition) is 2. The predicted molar refractivity (Wildman–Crippen MR) is 67.0 cm³/mol. The lowest BCUT2D eigenvalue weighted by Gasteiger charge is -2.44. The summed E-state index contributed by atoms with van der Waals surface area (Å²) in [5, 5.41) is 3.03. The molecule has 1 aliphatic carbocycles. The molecule has 3 N–H and O–H groups in total. The number of rotatable bonds is 6. The summed E-state index contributed by atoms with van der Waals surface area (Å²) in [4.78, 5) is 12.0. The van der Waals surface area contributed by atoms with Crippen molar-refractivity contribution in [2.45, 2.75) is 46.5 Å². The second kappa shape index (κ2) is 5.67. The zero-order valence-electron chi connectivity index (χ0n) is 10.9. The predicted octanol–water partition coefficient (Wildman–Crippen LogP) is 1.91. The van der Waals surface area contributed by atoms with E-state index in [1.165, 1.54) is 6.42 Å². The first kappa shape index (κ1) is 13.5. The summed E-state index contributed by atoms with van der Waals surface area (Å²) in [6.45, 7) is 7.88. The lowest BCUT2D eigenvalue weighted by Crippen LogP contribution is -2.53. The van der Waals surface area contributed by atoms with Gasteiger partial charge in [0.2, 0.25) is 5.91 Å². The molecule has 0 aromatic rings. The first-order valence-corrected chi connectivity index (χ1v) is 6.48. The average molecular weight is 226 g/mol. The monoisotopic (exact) mass is 226 g/mol. The molecule has 0 spiro atoms. The van der Waals surface area contributed by atoms with Crippen LogP contribution in [-0.2, 0) is 4.79 Å². The van der Waals surface area contributed by atoms with Gasteiger partial charge in [-0.1, -0.05) is 20.8 Å². The minimum absolute atomic E-state index is 0.178. The third-order valence-corrected chi connectivity index (χ3v) is 3.59. The Labute approximate surface area is 99.2 Å². The quantitative estimate of drug-likeness (QED) is 0.680. The Morgan fingerprint density at radius 3 is 2.56 bits per heavy atom. The molecule has 16 heavy (non-hydrogen) atoms. The van der Waals surface area contributed by atoms with Crippen molar-refractivity contribution in [3.05, 3.63) is 0 Å². The lowest BCUT2D eigenvalue weighted by atomic mass is 9.62. The summed E-state index contributed by atoms with van der Waals surface area (Å²) in [5.41, 5.74) is 5.48. The van der Waals surface area contributed by atoms with Gasteiger partial charge in [-0.2, -0.15) is 0 Å². The molecular formula is C13H26N2O. The van der Waals surface area contributed by atoms with E-state index >= 15 is 0 Å². The molecule has 1 amide bonds. The van der Waals surface area contributed by atoms with Crippen LogP contribution in [0.5, 0.6) is 0 Å². The fraction of sp³-hybridized carbons (Fsp3) is 0.923. The van der Waals surface area contributed by atoms with Gasteiger partial charge in [-0.05, 0) is 37.5 Å². The van der Waals surface area contributed by atoms with E-state index in [1.807, 2.05) is 0 Å². The van der Waals surface area contributed by atoms with Gasteiger partial charge in [0.15, 0.2) is 0 Å². The third-order valence-electron chi connectivity index (χ3n) is 3.59. The number of nitrogens with one attached hydrogen (secondary N) is 1. The first-order valence-electron chi connectivity index (χ1n) is 6.48. The highest BCUT2D eigenvalue weighted by atomic mass is 16.2. The number of carbonyl (C=O) groups is 1. The molecule has 0 radical (unpaired) electrons. The molecule has 0 heterocycles. The molecule has 0 aromatic heterocycles. The maximum atomic E-state index is 12.0. The average Bonchev–Trinajstić information content (AvgIpc) is 2.18. The van der Waals surface area contributed by atoms with Gasteiger partial charge < -0.3 is 11.1 Å². The fourth-order valence-corrected chi connectivity index (χ4v) is 2.62. The van der Waals surface area contributed by atoms with Crippen LogP contribution in [0.1, 0.15) is 46.5 Å². The number of nitrogens with two attached hydrogens (primary N) is 1. The molecule has 0 saturated heterocycles. The highest BCUT2D eigenvalue weighted by Gasteiger charge is 2.46. The summed E-state index contributed by atoms with van der Waals surface area (Å²) >= 11 is 0. The molecule has 1 aliphatic rings. The molecule has 1 fully saturated rings. The molecular weight excluding hydrogens is 200 g/mol. The summed E-state index contributed by atoms with van der Waals surface area (Å²) in [6, 6.07) is 0. The summed E-state index contributed by atoms with van der Waals surface area (Å²) in [5.74, 6) is 1.55. The van der Waals surface area contributed by atoms with E-state index in [2.05, 4.69) is 26.1 Å². The molecule has 1 rings (SSSR count). The van der Waals surface area contributed by atoms with Crippen molar-refractivity contribution in [2.24, 2.45) is 23.0 Å². The Balaban J connectivity index is 2.24. The number of amides is 1. The Morgan fingerprint density at radius 1 is 1.50 bits per heavy atom. The molecule has 0 atom stereocenters. The van der Waals surface area contributed by atoms with Crippen molar-refractivity contribution in [2.75, 3.05) is 13.1 Å². The summed E-state index contributed by atoms with van der Waals surface area (Å²) in [6.07, 6.45) is 4.16. The zero-order chi connectivity index (χ0) is 12.2. The standard InChI is InChI=1S/C13H26N2O/c1-10(2)5-4-6-15-12(16)13(9-14)7-11(3)8-13/h10-11H,4-9,14H2,1-3H3,(H,15,16). The van der Waals surface area contributed by atoms with Gasteiger partial charge in [0.1, 0.15) is 0 Å². The Morgan fingerprint density at radius 2 is 2.12 bits per heavy atom. The first-order chi connectivity index (χ1) is 7.50. The molecule has 0 unspecified atom stereocenters. The van der Waals surface area contributed by atoms with E-state index < -0.39 is 0 Å². The SMILES string of the molecule is CC(C)CCCNC(=O)C1(CN)CC(C)C1. The molecule has 0 aliphatic heterocycles. The minimum Gasteiger partial charge on any atom is -0.356 e. The van der Waals surface area contributed by atoms with Crippen LogP contribution >= 0.6 is 0 Å². The summed E-state index contributed by atoms with van der Waals surface area (Å²) < 4.78 is 0. The van der Waals surface area contributed by atoms with Crippen LogP contribution in [-0.4, -0.2) is 19.0 Å². The van der Waals surface area contributed by atoms with E-state index in [0.717, 1.165) is 25.8 Å². The van der Waals surface area contributed by atoms with Crippen molar-refractivity contribution in [3.8, 4) is 0 Å². The highest BCUT2D eigenvalue weighted by molar-refractivity contribution is 5.83. The fourth-order valence-electron chi connectivity index (χ4n) is 2.62. The smallest absolute Gasteiger partial charge is 0.227 e. The minimum atomic E-state index is -0.239. The normalized spacial score (nSPS) is 28.9. The van der Waals surface area contributed by atoms with Crippen LogP contribution in [0.25, 0.3) is 0 Å². The van der Waals surface area contributed by atoms with Crippen molar-refractivity contribution < 1.29 is 4.79 Å². The van der Waals surface area contributed by atoms with E-state index in [1.54, 1.807) is 0 Å². The van der Waals surface area contributed by atoms with E-state index in [4.69, 9.17) is 5.73 Å². The molecule has 3 nitrogen and oxygen atoms in total. The van der Waals surface area contributed by atoms with Crippen LogP contribution in [0, 0.1) is 17.3 Å². The number of carbonyl (C=O) groups excluding carboxylic acids is 1. The largest absolute Gasteiger partial charge is 0.356 e.